The Labute approximate surface area is 114 Å². The van der Waals surface area contributed by atoms with Crippen LogP contribution in [0.3, 0.4) is 0 Å². The number of tetrazole rings is 1. The predicted octanol–water partition coefficient (Wildman–Crippen LogP) is 2.71. The van der Waals surface area contributed by atoms with Gasteiger partial charge >= 0.3 is 0 Å². The van der Waals surface area contributed by atoms with Gasteiger partial charge in [-0.3, -0.25) is 0 Å². The molecule has 0 atom stereocenters. The summed E-state index contributed by atoms with van der Waals surface area (Å²) in [4.78, 5) is 0. The average Bonchev–Trinajstić information content (AvgIpc) is 2.93. The maximum atomic E-state index is 13.4. The third-order valence-electron chi connectivity index (χ3n) is 3.75. The predicted molar refractivity (Wildman–Crippen MR) is 69.7 cm³/mol. The van der Waals surface area contributed by atoms with Gasteiger partial charge in [0, 0.05) is 17.3 Å². The Balaban J connectivity index is 2.03. The molecule has 1 saturated carbocycles. The zero-order valence-corrected chi connectivity index (χ0v) is 10.9. The van der Waals surface area contributed by atoms with Crippen molar-refractivity contribution in [3.8, 4) is 11.4 Å². The lowest BCUT2D eigenvalue weighted by Gasteiger charge is -2.22. The number of hydrogen-bond acceptors (Lipinski definition) is 4. The number of benzene rings is 1. The lowest BCUT2D eigenvalue weighted by molar-refractivity contribution is 0.327. The molecular weight excluding hydrogens is 264 g/mol. The molecule has 0 spiro atoms. The molecule has 0 aliphatic heterocycles. The van der Waals surface area contributed by atoms with Gasteiger partial charge in [-0.25, -0.2) is 13.5 Å². The van der Waals surface area contributed by atoms with Crippen LogP contribution in [0.5, 0.6) is 0 Å². The molecule has 1 heterocycles. The monoisotopic (exact) mass is 279 g/mol. The smallest absolute Gasteiger partial charge is 0.184 e. The van der Waals surface area contributed by atoms with Crippen LogP contribution in [0.2, 0.25) is 0 Å². The first-order valence-corrected chi connectivity index (χ1v) is 6.69. The molecule has 0 radical (unpaired) electrons. The van der Waals surface area contributed by atoms with Gasteiger partial charge in [-0.05, 0) is 29.3 Å². The van der Waals surface area contributed by atoms with Crippen LogP contribution in [-0.2, 0) is 0 Å². The van der Waals surface area contributed by atoms with Crippen molar-refractivity contribution in [2.24, 2.45) is 0 Å². The molecule has 2 aromatic rings. The van der Waals surface area contributed by atoms with Crippen LogP contribution in [0, 0.1) is 11.6 Å². The second-order valence-corrected chi connectivity index (χ2v) is 5.09. The molecule has 7 heteroatoms. The first-order chi connectivity index (χ1) is 9.66. The number of halogens is 2. The molecule has 1 fully saturated rings. The molecule has 2 N–H and O–H groups in total. The molecule has 3 rings (SSSR count). The summed E-state index contributed by atoms with van der Waals surface area (Å²) in [5.74, 6) is -1.52. The highest BCUT2D eigenvalue weighted by Gasteiger charge is 2.22. The summed E-state index contributed by atoms with van der Waals surface area (Å²) in [6.07, 6.45) is 5.43. The summed E-state index contributed by atoms with van der Waals surface area (Å²) < 4.78 is 28.2. The topological polar surface area (TPSA) is 69.6 Å². The van der Waals surface area contributed by atoms with E-state index in [0.717, 1.165) is 37.8 Å². The van der Waals surface area contributed by atoms with E-state index in [1.807, 2.05) is 0 Å². The van der Waals surface area contributed by atoms with Crippen molar-refractivity contribution in [3.63, 3.8) is 0 Å². The molecular formula is C13H15F2N5. The summed E-state index contributed by atoms with van der Waals surface area (Å²) in [5, 5.41) is 11.6. The second kappa shape index (κ2) is 5.15. The number of nitrogens with two attached hydrogens (primary N) is 1. The first kappa shape index (κ1) is 13.0. The SMILES string of the molecule is Nc1cc(F)c(F)cc1-c1nnnn1C1CCCCC1. The third kappa shape index (κ3) is 2.23. The number of nitrogen functional groups attached to an aromatic ring is 1. The maximum absolute atomic E-state index is 13.4. The highest BCUT2D eigenvalue weighted by molar-refractivity contribution is 5.71. The molecule has 5 nitrogen and oxygen atoms in total. The van der Waals surface area contributed by atoms with Crippen LogP contribution in [0.15, 0.2) is 12.1 Å². The highest BCUT2D eigenvalue weighted by atomic mass is 19.2. The minimum atomic E-state index is -0.969. The minimum Gasteiger partial charge on any atom is -0.398 e. The van der Waals surface area contributed by atoms with E-state index >= 15 is 0 Å². The van der Waals surface area contributed by atoms with Crippen LogP contribution < -0.4 is 5.73 Å². The summed E-state index contributed by atoms with van der Waals surface area (Å²) in [6.45, 7) is 0. The maximum Gasteiger partial charge on any atom is 0.184 e. The molecule has 0 bridgehead atoms. The summed E-state index contributed by atoms with van der Waals surface area (Å²) in [5.41, 5.74) is 6.23. The Bertz CT molecular complexity index is 619. The highest BCUT2D eigenvalue weighted by Crippen LogP contribution is 2.32. The summed E-state index contributed by atoms with van der Waals surface area (Å²) >= 11 is 0. The zero-order chi connectivity index (χ0) is 14.1. The van der Waals surface area contributed by atoms with E-state index in [-0.39, 0.29) is 11.7 Å². The quantitative estimate of drug-likeness (QED) is 0.858. The number of aromatic nitrogens is 4. The van der Waals surface area contributed by atoms with Crippen LogP contribution in [0.4, 0.5) is 14.5 Å². The third-order valence-corrected chi connectivity index (χ3v) is 3.75. The minimum absolute atomic E-state index is 0.135. The molecule has 106 valence electrons. The average molecular weight is 279 g/mol. The molecule has 0 saturated heterocycles. The van der Waals surface area contributed by atoms with Gasteiger partial charge in [0.1, 0.15) is 0 Å². The molecule has 1 aliphatic rings. The van der Waals surface area contributed by atoms with E-state index in [4.69, 9.17) is 5.73 Å². The van der Waals surface area contributed by atoms with Crippen LogP contribution in [-0.4, -0.2) is 20.2 Å². The molecule has 1 aromatic carbocycles. The summed E-state index contributed by atoms with van der Waals surface area (Å²) in [6, 6.07) is 2.21. The number of nitrogens with zero attached hydrogens (tertiary/aromatic N) is 4. The van der Waals surface area contributed by atoms with E-state index in [9.17, 15) is 8.78 Å². The van der Waals surface area contributed by atoms with Crippen molar-refractivity contribution in [1.29, 1.82) is 0 Å². The molecule has 1 aromatic heterocycles. The molecule has 0 unspecified atom stereocenters. The van der Waals surface area contributed by atoms with E-state index in [2.05, 4.69) is 15.5 Å². The number of rotatable bonds is 2. The Morgan fingerprint density at radius 2 is 1.80 bits per heavy atom. The Hall–Kier alpha value is -2.05. The standard InChI is InChI=1S/C13H15F2N5/c14-10-6-9(12(16)7-11(10)15)13-17-18-19-20(13)8-4-2-1-3-5-8/h6-8H,1-5,16H2. The number of anilines is 1. The van der Waals surface area contributed by atoms with Crippen molar-refractivity contribution in [1.82, 2.24) is 20.2 Å². The van der Waals surface area contributed by atoms with Gasteiger partial charge in [0.15, 0.2) is 17.5 Å². The first-order valence-electron chi connectivity index (χ1n) is 6.69. The Morgan fingerprint density at radius 3 is 2.55 bits per heavy atom. The second-order valence-electron chi connectivity index (χ2n) is 5.09. The van der Waals surface area contributed by atoms with E-state index in [1.165, 1.54) is 6.42 Å². The van der Waals surface area contributed by atoms with Gasteiger partial charge in [0.2, 0.25) is 0 Å². The fourth-order valence-corrected chi connectivity index (χ4v) is 2.70. The zero-order valence-electron chi connectivity index (χ0n) is 10.9. The van der Waals surface area contributed by atoms with Gasteiger partial charge < -0.3 is 5.73 Å². The fourth-order valence-electron chi connectivity index (χ4n) is 2.70. The van der Waals surface area contributed by atoms with Gasteiger partial charge in [-0.2, -0.15) is 0 Å². The largest absolute Gasteiger partial charge is 0.398 e. The van der Waals surface area contributed by atoms with Crippen LogP contribution >= 0.6 is 0 Å². The van der Waals surface area contributed by atoms with Crippen molar-refractivity contribution in [2.75, 3.05) is 5.73 Å². The van der Waals surface area contributed by atoms with Crippen molar-refractivity contribution in [3.05, 3.63) is 23.8 Å². The van der Waals surface area contributed by atoms with Crippen molar-refractivity contribution < 1.29 is 8.78 Å². The Kier molecular flexibility index (Phi) is 3.33. The van der Waals surface area contributed by atoms with Crippen molar-refractivity contribution >= 4 is 5.69 Å². The van der Waals surface area contributed by atoms with E-state index in [1.54, 1.807) is 4.68 Å². The molecule has 20 heavy (non-hydrogen) atoms. The van der Waals surface area contributed by atoms with Crippen LogP contribution in [0.25, 0.3) is 11.4 Å². The Morgan fingerprint density at radius 1 is 1.10 bits per heavy atom. The number of hydrogen-bond donors (Lipinski definition) is 1. The van der Waals surface area contributed by atoms with Crippen molar-refractivity contribution in [2.45, 2.75) is 38.1 Å². The van der Waals surface area contributed by atoms with Gasteiger partial charge in [0.05, 0.1) is 6.04 Å². The van der Waals surface area contributed by atoms with Crippen LogP contribution in [0.1, 0.15) is 38.1 Å². The molecule has 0 amide bonds. The van der Waals surface area contributed by atoms with Gasteiger partial charge in [-0.1, -0.05) is 19.3 Å². The normalized spacial score (nSPS) is 16.5. The molecule has 1 aliphatic carbocycles. The van der Waals surface area contributed by atoms with E-state index in [0.29, 0.717) is 11.4 Å². The van der Waals surface area contributed by atoms with E-state index < -0.39 is 11.6 Å². The van der Waals surface area contributed by atoms with Gasteiger partial charge in [-0.15, -0.1) is 5.10 Å². The fraction of sp³-hybridized carbons (Fsp3) is 0.462. The summed E-state index contributed by atoms with van der Waals surface area (Å²) in [7, 11) is 0. The lowest BCUT2D eigenvalue weighted by Crippen LogP contribution is -2.16. The van der Waals surface area contributed by atoms with Gasteiger partial charge in [0.25, 0.3) is 0 Å². The lowest BCUT2D eigenvalue weighted by atomic mass is 9.95.